The molecule has 3 aromatic heterocycles. The minimum Gasteiger partial charge on any atom is -0.456 e. The Balaban J connectivity index is 1.14. The number of hydrogen-bond donors (Lipinski definition) is 0. The molecule has 0 radical (unpaired) electrons. The first-order valence-electron chi connectivity index (χ1n) is 18.8. The highest BCUT2D eigenvalue weighted by atomic mass is 16.3. The molecular formula is C51H32N4O. The molecule has 56 heavy (non-hydrogen) atoms. The van der Waals surface area contributed by atoms with Crippen LogP contribution in [0.25, 0.3) is 106 Å². The smallest absolute Gasteiger partial charge is 0.164 e. The summed E-state index contributed by atoms with van der Waals surface area (Å²) < 4.78 is 9.04. The monoisotopic (exact) mass is 716 g/mol. The molecule has 0 fully saturated rings. The van der Waals surface area contributed by atoms with Crippen molar-refractivity contribution < 1.29 is 4.42 Å². The van der Waals surface area contributed by atoms with Gasteiger partial charge in [0.05, 0.1) is 11.0 Å². The van der Waals surface area contributed by atoms with Crippen molar-refractivity contribution >= 4 is 43.7 Å². The van der Waals surface area contributed by atoms with Crippen molar-refractivity contribution in [1.29, 1.82) is 0 Å². The van der Waals surface area contributed by atoms with Crippen LogP contribution in [0.15, 0.2) is 199 Å². The SMILES string of the molecule is c1ccc(-c2cccc(-c3nc(-c4ccccc4)nc(-c4cccc5oc6cc7c8ccccc8n(-c8cccc(-c9ccccc9)c8)c7cc6c45)n3)c2)cc1. The largest absolute Gasteiger partial charge is 0.456 e. The van der Waals surface area contributed by atoms with Gasteiger partial charge in [0.1, 0.15) is 11.2 Å². The van der Waals surface area contributed by atoms with Crippen LogP contribution >= 0.6 is 0 Å². The Hall–Kier alpha value is -7.63. The number of hydrogen-bond acceptors (Lipinski definition) is 4. The van der Waals surface area contributed by atoms with Gasteiger partial charge in [0.2, 0.25) is 0 Å². The van der Waals surface area contributed by atoms with E-state index >= 15 is 0 Å². The number of rotatable bonds is 6. The third kappa shape index (κ3) is 5.37. The van der Waals surface area contributed by atoms with Gasteiger partial charge in [-0.25, -0.2) is 15.0 Å². The Morgan fingerprint density at radius 1 is 0.339 bits per heavy atom. The van der Waals surface area contributed by atoms with Crippen LogP contribution in [0.3, 0.4) is 0 Å². The summed E-state index contributed by atoms with van der Waals surface area (Å²) in [6.45, 7) is 0. The standard InChI is InChI=1S/C51H32N4O/c1-4-15-33(16-5-1)36-21-12-23-38(29-36)50-52-49(35-19-8-3-9-20-35)53-51(54-50)41-26-14-28-46-48(41)43-31-45-42(32-47(43)56-46)40-25-10-11-27-44(40)55(45)39-24-13-22-37(30-39)34-17-6-2-7-18-34/h1-32H. The average Bonchev–Trinajstić information content (AvgIpc) is 3.81. The van der Waals surface area contributed by atoms with E-state index in [1.807, 2.05) is 48.5 Å². The number of nitrogens with zero attached hydrogens (tertiary/aromatic N) is 4. The molecule has 0 atom stereocenters. The molecule has 11 aromatic rings. The normalized spacial score (nSPS) is 11.6. The van der Waals surface area contributed by atoms with Crippen LogP contribution in [0.5, 0.6) is 0 Å². The summed E-state index contributed by atoms with van der Waals surface area (Å²) in [5.74, 6) is 1.81. The molecular weight excluding hydrogens is 685 g/mol. The number of furan rings is 1. The zero-order chi connectivity index (χ0) is 37.0. The molecule has 3 heterocycles. The van der Waals surface area contributed by atoms with Gasteiger partial charge in [-0.2, -0.15) is 0 Å². The summed E-state index contributed by atoms with van der Waals surface area (Å²) in [6, 6.07) is 67.4. The van der Waals surface area contributed by atoms with Gasteiger partial charge in [0.15, 0.2) is 17.5 Å². The van der Waals surface area contributed by atoms with Gasteiger partial charge in [0.25, 0.3) is 0 Å². The molecule has 0 bridgehead atoms. The minimum absolute atomic E-state index is 0.587. The van der Waals surface area contributed by atoms with Crippen LogP contribution in [0.2, 0.25) is 0 Å². The number of aromatic nitrogens is 4. The Morgan fingerprint density at radius 2 is 0.911 bits per heavy atom. The molecule has 11 rings (SSSR count). The van der Waals surface area contributed by atoms with Crippen molar-refractivity contribution in [3.8, 4) is 62.1 Å². The first kappa shape index (κ1) is 31.9. The summed E-state index contributed by atoms with van der Waals surface area (Å²) in [5, 5.41) is 4.27. The van der Waals surface area contributed by atoms with Crippen molar-refractivity contribution in [1.82, 2.24) is 19.5 Å². The molecule has 0 aliphatic heterocycles. The molecule has 0 saturated heterocycles. The third-order valence-electron chi connectivity index (χ3n) is 10.6. The van der Waals surface area contributed by atoms with E-state index in [0.29, 0.717) is 17.5 Å². The summed E-state index contributed by atoms with van der Waals surface area (Å²) in [4.78, 5) is 15.4. The zero-order valence-corrected chi connectivity index (χ0v) is 30.2. The number of fused-ring (bicyclic) bond motifs is 6. The van der Waals surface area contributed by atoms with Crippen LogP contribution in [0.1, 0.15) is 0 Å². The maximum Gasteiger partial charge on any atom is 0.164 e. The van der Waals surface area contributed by atoms with Crippen LogP contribution in [-0.2, 0) is 0 Å². The highest BCUT2D eigenvalue weighted by molar-refractivity contribution is 6.19. The molecule has 0 N–H and O–H groups in total. The summed E-state index contributed by atoms with van der Waals surface area (Å²) in [5.41, 5.74) is 12.2. The lowest BCUT2D eigenvalue weighted by molar-refractivity contribution is 0.669. The predicted octanol–water partition coefficient (Wildman–Crippen LogP) is 13.2. The van der Waals surface area contributed by atoms with E-state index in [0.717, 1.165) is 71.9 Å². The lowest BCUT2D eigenvalue weighted by Gasteiger charge is -2.11. The summed E-state index contributed by atoms with van der Waals surface area (Å²) in [7, 11) is 0. The van der Waals surface area contributed by atoms with E-state index in [9.17, 15) is 0 Å². The molecule has 262 valence electrons. The van der Waals surface area contributed by atoms with Gasteiger partial charge in [-0.1, -0.05) is 152 Å². The molecule has 0 aliphatic rings. The van der Waals surface area contributed by atoms with Gasteiger partial charge in [-0.05, 0) is 64.7 Å². The number of benzene rings is 8. The van der Waals surface area contributed by atoms with Crippen LogP contribution in [-0.4, -0.2) is 19.5 Å². The van der Waals surface area contributed by atoms with Crippen molar-refractivity contribution in [3.63, 3.8) is 0 Å². The number of para-hydroxylation sites is 1. The highest BCUT2D eigenvalue weighted by Crippen LogP contribution is 2.42. The van der Waals surface area contributed by atoms with E-state index in [1.165, 1.54) is 16.5 Å². The maximum absolute atomic E-state index is 6.68. The minimum atomic E-state index is 0.587. The first-order valence-corrected chi connectivity index (χ1v) is 18.8. The lowest BCUT2D eigenvalue weighted by atomic mass is 10.0. The fourth-order valence-corrected chi connectivity index (χ4v) is 8.02. The van der Waals surface area contributed by atoms with Crippen LogP contribution in [0, 0.1) is 0 Å². The average molecular weight is 717 g/mol. The zero-order valence-electron chi connectivity index (χ0n) is 30.2. The summed E-state index contributed by atoms with van der Waals surface area (Å²) >= 11 is 0. The molecule has 0 aliphatic carbocycles. The van der Waals surface area contributed by atoms with Gasteiger partial charge in [0, 0.05) is 43.9 Å². The van der Waals surface area contributed by atoms with Gasteiger partial charge < -0.3 is 8.98 Å². The molecule has 0 spiro atoms. The van der Waals surface area contributed by atoms with Gasteiger partial charge in [-0.15, -0.1) is 0 Å². The van der Waals surface area contributed by atoms with Gasteiger partial charge >= 0.3 is 0 Å². The maximum atomic E-state index is 6.68. The molecule has 5 nitrogen and oxygen atoms in total. The fraction of sp³-hybridized carbons (Fsp3) is 0. The second-order valence-electron chi connectivity index (χ2n) is 14.0. The van der Waals surface area contributed by atoms with Gasteiger partial charge in [-0.3, -0.25) is 0 Å². The van der Waals surface area contributed by atoms with E-state index in [-0.39, 0.29) is 0 Å². The third-order valence-corrected chi connectivity index (χ3v) is 10.6. The molecule has 5 heteroatoms. The Bertz CT molecular complexity index is 3240. The molecule has 0 amide bonds. The first-order chi connectivity index (χ1) is 27.7. The Morgan fingerprint density at radius 3 is 1.66 bits per heavy atom. The van der Waals surface area contributed by atoms with Crippen molar-refractivity contribution in [2.75, 3.05) is 0 Å². The van der Waals surface area contributed by atoms with Crippen molar-refractivity contribution in [3.05, 3.63) is 194 Å². The van der Waals surface area contributed by atoms with Crippen LogP contribution < -0.4 is 0 Å². The van der Waals surface area contributed by atoms with Crippen molar-refractivity contribution in [2.24, 2.45) is 0 Å². The Labute approximate surface area is 322 Å². The predicted molar refractivity (Wildman–Crippen MR) is 229 cm³/mol. The lowest BCUT2D eigenvalue weighted by Crippen LogP contribution is -2.00. The topological polar surface area (TPSA) is 56.7 Å². The van der Waals surface area contributed by atoms with Crippen molar-refractivity contribution in [2.45, 2.75) is 0 Å². The molecule has 0 unspecified atom stereocenters. The second kappa shape index (κ2) is 13.0. The molecule has 8 aromatic carbocycles. The van der Waals surface area contributed by atoms with E-state index in [4.69, 9.17) is 19.4 Å². The van der Waals surface area contributed by atoms with E-state index in [2.05, 4.69) is 150 Å². The second-order valence-corrected chi connectivity index (χ2v) is 14.0. The van der Waals surface area contributed by atoms with E-state index in [1.54, 1.807) is 0 Å². The Kier molecular flexibility index (Phi) is 7.42. The quantitative estimate of drug-likeness (QED) is 0.172. The molecule has 0 saturated carbocycles. The summed E-state index contributed by atoms with van der Waals surface area (Å²) in [6.07, 6.45) is 0. The highest BCUT2D eigenvalue weighted by Gasteiger charge is 2.21. The van der Waals surface area contributed by atoms with E-state index < -0.39 is 0 Å². The fourth-order valence-electron chi connectivity index (χ4n) is 8.02. The van der Waals surface area contributed by atoms with Crippen LogP contribution in [0.4, 0.5) is 0 Å².